The standard InChI is InChI=1S/C22H38N4O.HI/c1-18(10-11-22(2,3)4)25-21(23-5)24-16-19-8-6-7-9-20(19)17-26-12-14-27-15-13-26;/h6-9,18H,10-17H2,1-5H3,(H2,23,24,25);1H. The first-order valence-electron chi connectivity index (χ1n) is 10.2. The van der Waals surface area contributed by atoms with Crippen LogP contribution < -0.4 is 10.6 Å². The highest BCUT2D eigenvalue weighted by Crippen LogP contribution is 2.21. The summed E-state index contributed by atoms with van der Waals surface area (Å²) in [6.07, 6.45) is 2.33. The van der Waals surface area contributed by atoms with Crippen LogP contribution in [0.2, 0.25) is 0 Å². The Morgan fingerprint density at radius 3 is 2.43 bits per heavy atom. The molecule has 0 aliphatic carbocycles. The maximum atomic E-state index is 5.46. The number of aliphatic imine (C=N–C) groups is 1. The van der Waals surface area contributed by atoms with Crippen molar-refractivity contribution < 1.29 is 4.74 Å². The van der Waals surface area contributed by atoms with Crippen molar-refractivity contribution in [3.8, 4) is 0 Å². The summed E-state index contributed by atoms with van der Waals surface area (Å²) in [4.78, 5) is 6.86. The molecule has 1 heterocycles. The molecule has 0 aromatic heterocycles. The van der Waals surface area contributed by atoms with Crippen LogP contribution in [0, 0.1) is 5.41 Å². The molecule has 2 N–H and O–H groups in total. The number of halogens is 1. The molecule has 1 fully saturated rings. The number of rotatable bonds is 7. The van der Waals surface area contributed by atoms with E-state index in [-0.39, 0.29) is 24.0 Å². The first kappa shape index (κ1) is 25.2. The van der Waals surface area contributed by atoms with Crippen LogP contribution in [0.4, 0.5) is 0 Å². The molecule has 0 amide bonds. The van der Waals surface area contributed by atoms with E-state index in [1.54, 1.807) is 0 Å². The zero-order chi connectivity index (χ0) is 19.7. The monoisotopic (exact) mass is 502 g/mol. The highest BCUT2D eigenvalue weighted by Gasteiger charge is 2.15. The lowest BCUT2D eigenvalue weighted by Gasteiger charge is -2.27. The van der Waals surface area contributed by atoms with Crippen molar-refractivity contribution in [1.29, 1.82) is 0 Å². The summed E-state index contributed by atoms with van der Waals surface area (Å²) in [5.74, 6) is 0.873. The number of nitrogens with one attached hydrogen (secondary N) is 2. The fourth-order valence-electron chi connectivity index (χ4n) is 3.21. The minimum absolute atomic E-state index is 0. The highest BCUT2D eigenvalue weighted by atomic mass is 127. The van der Waals surface area contributed by atoms with Crippen LogP contribution in [0.3, 0.4) is 0 Å². The molecular weight excluding hydrogens is 463 g/mol. The van der Waals surface area contributed by atoms with Crippen LogP contribution in [-0.2, 0) is 17.8 Å². The van der Waals surface area contributed by atoms with Gasteiger partial charge >= 0.3 is 0 Å². The zero-order valence-corrected chi connectivity index (χ0v) is 20.6. The second-order valence-corrected chi connectivity index (χ2v) is 8.73. The number of nitrogens with zero attached hydrogens (tertiary/aromatic N) is 2. The minimum atomic E-state index is 0. The lowest BCUT2D eigenvalue weighted by atomic mass is 9.89. The maximum absolute atomic E-state index is 5.46. The van der Waals surface area contributed by atoms with Crippen LogP contribution in [0.1, 0.15) is 51.7 Å². The van der Waals surface area contributed by atoms with Gasteiger partial charge in [0.15, 0.2) is 5.96 Å². The van der Waals surface area contributed by atoms with Crippen molar-refractivity contribution in [1.82, 2.24) is 15.5 Å². The van der Waals surface area contributed by atoms with Gasteiger partial charge in [-0.15, -0.1) is 24.0 Å². The summed E-state index contributed by atoms with van der Waals surface area (Å²) in [5.41, 5.74) is 3.07. The summed E-state index contributed by atoms with van der Waals surface area (Å²) in [5, 5.41) is 7.01. The third kappa shape index (κ3) is 9.56. The van der Waals surface area contributed by atoms with Crippen molar-refractivity contribution in [3.05, 3.63) is 35.4 Å². The average Bonchev–Trinajstić information content (AvgIpc) is 2.65. The lowest BCUT2D eigenvalue weighted by molar-refractivity contribution is 0.0341. The Morgan fingerprint density at radius 1 is 1.18 bits per heavy atom. The number of guanidine groups is 1. The largest absolute Gasteiger partial charge is 0.379 e. The number of morpholine rings is 1. The van der Waals surface area contributed by atoms with Gasteiger partial charge in [0.25, 0.3) is 0 Å². The smallest absolute Gasteiger partial charge is 0.191 e. The molecule has 0 radical (unpaired) electrons. The van der Waals surface area contributed by atoms with Gasteiger partial charge in [0, 0.05) is 39.3 Å². The van der Waals surface area contributed by atoms with Crippen LogP contribution in [0.15, 0.2) is 29.3 Å². The van der Waals surface area contributed by atoms with E-state index in [0.717, 1.165) is 51.8 Å². The minimum Gasteiger partial charge on any atom is -0.379 e. The summed E-state index contributed by atoms with van der Waals surface area (Å²) >= 11 is 0. The van der Waals surface area contributed by atoms with Crippen molar-refractivity contribution in [2.24, 2.45) is 10.4 Å². The van der Waals surface area contributed by atoms with Crippen LogP contribution in [-0.4, -0.2) is 50.3 Å². The normalized spacial score (nSPS) is 17.0. The van der Waals surface area contributed by atoms with Gasteiger partial charge in [0.1, 0.15) is 0 Å². The number of ether oxygens (including phenoxy) is 1. The molecule has 2 rings (SSSR count). The summed E-state index contributed by atoms with van der Waals surface area (Å²) in [6, 6.07) is 9.08. The first-order chi connectivity index (χ1) is 12.9. The van der Waals surface area contributed by atoms with Crippen molar-refractivity contribution in [3.63, 3.8) is 0 Å². The molecule has 0 spiro atoms. The molecule has 160 valence electrons. The second kappa shape index (κ2) is 12.6. The SMILES string of the molecule is CN=C(NCc1ccccc1CN1CCOCC1)NC(C)CCC(C)(C)C.I. The fraction of sp³-hybridized carbons (Fsp3) is 0.682. The van der Waals surface area contributed by atoms with Gasteiger partial charge in [0.2, 0.25) is 0 Å². The van der Waals surface area contributed by atoms with Crippen LogP contribution in [0.5, 0.6) is 0 Å². The van der Waals surface area contributed by atoms with E-state index < -0.39 is 0 Å². The predicted molar refractivity (Wildman–Crippen MR) is 129 cm³/mol. The van der Waals surface area contributed by atoms with E-state index in [0.29, 0.717) is 11.5 Å². The predicted octanol–water partition coefficient (Wildman–Crippen LogP) is 4.02. The summed E-state index contributed by atoms with van der Waals surface area (Å²) < 4.78 is 5.46. The number of hydrogen-bond acceptors (Lipinski definition) is 3. The van der Waals surface area contributed by atoms with Gasteiger partial charge in [0.05, 0.1) is 13.2 Å². The maximum Gasteiger partial charge on any atom is 0.191 e. The van der Waals surface area contributed by atoms with Gasteiger partial charge in [-0.3, -0.25) is 9.89 Å². The van der Waals surface area contributed by atoms with Crippen molar-refractivity contribution in [2.75, 3.05) is 33.4 Å². The molecule has 6 heteroatoms. The molecule has 0 bridgehead atoms. The van der Waals surface area contributed by atoms with E-state index in [1.165, 1.54) is 17.5 Å². The second-order valence-electron chi connectivity index (χ2n) is 8.73. The molecule has 1 saturated heterocycles. The van der Waals surface area contributed by atoms with E-state index in [1.807, 2.05) is 7.05 Å². The molecule has 1 aliphatic heterocycles. The lowest BCUT2D eigenvalue weighted by Crippen LogP contribution is -2.42. The Hall–Kier alpha value is -0.860. The number of benzene rings is 1. The van der Waals surface area contributed by atoms with Gasteiger partial charge in [-0.1, -0.05) is 45.0 Å². The average molecular weight is 502 g/mol. The van der Waals surface area contributed by atoms with Gasteiger partial charge in [-0.05, 0) is 36.3 Å². The Kier molecular flexibility index (Phi) is 11.4. The van der Waals surface area contributed by atoms with Gasteiger partial charge in [-0.2, -0.15) is 0 Å². The van der Waals surface area contributed by atoms with Crippen molar-refractivity contribution in [2.45, 2.75) is 59.7 Å². The highest BCUT2D eigenvalue weighted by molar-refractivity contribution is 14.0. The molecule has 1 aromatic carbocycles. The van der Waals surface area contributed by atoms with E-state index >= 15 is 0 Å². The van der Waals surface area contributed by atoms with E-state index in [2.05, 4.69) is 72.5 Å². The molecule has 1 aliphatic rings. The zero-order valence-electron chi connectivity index (χ0n) is 18.3. The van der Waals surface area contributed by atoms with Crippen molar-refractivity contribution >= 4 is 29.9 Å². The summed E-state index contributed by atoms with van der Waals surface area (Å²) in [7, 11) is 1.84. The van der Waals surface area contributed by atoms with Gasteiger partial charge in [-0.25, -0.2) is 0 Å². The van der Waals surface area contributed by atoms with Gasteiger partial charge < -0.3 is 15.4 Å². The molecule has 1 atom stereocenters. The van der Waals surface area contributed by atoms with E-state index in [9.17, 15) is 0 Å². The third-order valence-corrected chi connectivity index (χ3v) is 5.00. The molecule has 5 nitrogen and oxygen atoms in total. The van der Waals surface area contributed by atoms with Crippen LogP contribution in [0.25, 0.3) is 0 Å². The quantitative estimate of drug-likeness (QED) is 0.336. The first-order valence-corrected chi connectivity index (χ1v) is 10.2. The molecule has 28 heavy (non-hydrogen) atoms. The molecule has 0 saturated carbocycles. The van der Waals surface area contributed by atoms with Crippen LogP contribution >= 0.6 is 24.0 Å². The molecule has 1 aromatic rings. The topological polar surface area (TPSA) is 48.9 Å². The van der Waals surface area contributed by atoms with E-state index in [4.69, 9.17) is 4.74 Å². The number of hydrogen-bond donors (Lipinski definition) is 2. The Morgan fingerprint density at radius 2 is 1.82 bits per heavy atom. The Balaban J connectivity index is 0.00000392. The third-order valence-electron chi connectivity index (χ3n) is 5.00. The summed E-state index contributed by atoms with van der Waals surface area (Å²) in [6.45, 7) is 14.6. The molecular formula is C22H39IN4O. The fourth-order valence-corrected chi connectivity index (χ4v) is 3.21. The Bertz CT molecular complexity index is 594. The molecule has 1 unspecified atom stereocenters. The Labute approximate surface area is 188 Å².